The van der Waals surface area contributed by atoms with Gasteiger partial charge in [-0.15, -0.1) is 6.58 Å². The van der Waals surface area contributed by atoms with Crippen LogP contribution in [0, 0.1) is 5.92 Å². The molecule has 3 nitrogen and oxygen atoms in total. The number of hydrogen-bond donors (Lipinski definition) is 1. The average molecular weight is 321 g/mol. The van der Waals surface area contributed by atoms with Gasteiger partial charge in [0.2, 0.25) is 5.91 Å². The van der Waals surface area contributed by atoms with Crippen LogP contribution < -0.4 is 0 Å². The molecule has 0 aliphatic carbocycles. The highest BCUT2D eigenvalue weighted by Crippen LogP contribution is 2.35. The summed E-state index contributed by atoms with van der Waals surface area (Å²) in [7, 11) is 0. The van der Waals surface area contributed by atoms with Gasteiger partial charge in [-0.3, -0.25) is 4.79 Å². The lowest BCUT2D eigenvalue weighted by Gasteiger charge is -2.32. The van der Waals surface area contributed by atoms with Crippen molar-refractivity contribution in [1.82, 2.24) is 4.90 Å². The van der Waals surface area contributed by atoms with Gasteiger partial charge in [0.15, 0.2) is 0 Å². The van der Waals surface area contributed by atoms with Gasteiger partial charge in [0.1, 0.15) is 5.75 Å². The van der Waals surface area contributed by atoms with Gasteiger partial charge in [-0.25, -0.2) is 0 Å². The van der Waals surface area contributed by atoms with E-state index in [9.17, 15) is 9.90 Å². The van der Waals surface area contributed by atoms with Crippen LogP contribution in [0.25, 0.3) is 11.1 Å². The molecule has 24 heavy (non-hydrogen) atoms. The fourth-order valence-electron chi connectivity index (χ4n) is 3.41. The second-order valence-corrected chi connectivity index (χ2v) is 6.40. The second-order valence-electron chi connectivity index (χ2n) is 6.40. The Morgan fingerprint density at radius 2 is 2.00 bits per heavy atom. The predicted molar refractivity (Wildman–Crippen MR) is 96.6 cm³/mol. The minimum absolute atomic E-state index is 0.0228. The summed E-state index contributed by atoms with van der Waals surface area (Å²) in [6.07, 6.45) is 3.32. The molecular formula is C21H23NO2. The molecule has 0 bridgehead atoms. The summed E-state index contributed by atoms with van der Waals surface area (Å²) < 4.78 is 0. The molecule has 1 aliphatic rings. The number of amides is 1. The van der Waals surface area contributed by atoms with E-state index < -0.39 is 0 Å². The largest absolute Gasteiger partial charge is 0.507 e. The number of carbonyl (C=O) groups is 1. The molecule has 3 rings (SSSR count). The van der Waals surface area contributed by atoms with Crippen molar-refractivity contribution in [3.05, 3.63) is 66.2 Å². The number of carbonyl (C=O) groups excluding carboxylic acids is 1. The van der Waals surface area contributed by atoms with Gasteiger partial charge in [-0.2, -0.15) is 0 Å². The number of nitrogens with zero attached hydrogens (tertiary/aromatic N) is 1. The molecule has 2 aromatic carbocycles. The smallest absolute Gasteiger partial charge is 0.226 e. The molecule has 0 saturated carbocycles. The van der Waals surface area contributed by atoms with Gasteiger partial charge >= 0.3 is 0 Å². The van der Waals surface area contributed by atoms with Crippen LogP contribution in [-0.4, -0.2) is 22.5 Å². The van der Waals surface area contributed by atoms with E-state index in [1.807, 2.05) is 42.2 Å². The maximum absolute atomic E-state index is 12.5. The van der Waals surface area contributed by atoms with Crippen LogP contribution >= 0.6 is 0 Å². The molecule has 3 heteroatoms. The lowest BCUT2D eigenvalue weighted by Crippen LogP contribution is -2.39. The Morgan fingerprint density at radius 1 is 1.25 bits per heavy atom. The molecule has 1 heterocycles. The summed E-state index contributed by atoms with van der Waals surface area (Å²) >= 11 is 0. The third-order valence-corrected chi connectivity index (χ3v) is 4.71. The zero-order chi connectivity index (χ0) is 17.1. The summed E-state index contributed by atoms with van der Waals surface area (Å²) in [6.45, 7) is 7.04. The van der Waals surface area contributed by atoms with E-state index in [0.29, 0.717) is 18.7 Å². The summed E-state index contributed by atoms with van der Waals surface area (Å²) in [5, 5.41) is 10.2. The highest BCUT2D eigenvalue weighted by molar-refractivity contribution is 5.80. The van der Waals surface area contributed by atoms with Crippen molar-refractivity contribution in [2.45, 2.75) is 26.3 Å². The van der Waals surface area contributed by atoms with Crippen LogP contribution in [0.5, 0.6) is 5.75 Å². The van der Waals surface area contributed by atoms with E-state index in [1.165, 1.54) is 11.1 Å². The molecule has 124 valence electrons. The minimum atomic E-state index is -0.0228. The molecule has 1 atom stereocenters. The molecule has 0 fully saturated rings. The molecule has 1 aliphatic heterocycles. The lowest BCUT2D eigenvalue weighted by atomic mass is 9.90. The zero-order valence-electron chi connectivity index (χ0n) is 14.0. The van der Waals surface area contributed by atoms with E-state index in [4.69, 9.17) is 0 Å². The predicted octanol–water partition coefficient (Wildman–Crippen LogP) is 4.16. The first-order valence-electron chi connectivity index (χ1n) is 8.40. The quantitative estimate of drug-likeness (QED) is 0.859. The van der Waals surface area contributed by atoms with E-state index in [1.54, 1.807) is 12.1 Å². The van der Waals surface area contributed by atoms with Crippen LogP contribution in [0.4, 0.5) is 0 Å². The molecule has 0 spiro atoms. The van der Waals surface area contributed by atoms with Crippen LogP contribution in [0.15, 0.2) is 55.1 Å². The number of fused-ring (bicyclic) bond motifs is 1. The van der Waals surface area contributed by atoms with Gasteiger partial charge in [0, 0.05) is 24.6 Å². The Balaban J connectivity index is 1.89. The monoisotopic (exact) mass is 321 g/mol. The molecule has 1 amide bonds. The Morgan fingerprint density at radius 3 is 2.75 bits per heavy atom. The third-order valence-electron chi connectivity index (χ3n) is 4.71. The van der Waals surface area contributed by atoms with Gasteiger partial charge in [-0.05, 0) is 35.6 Å². The fraction of sp³-hybridized carbons (Fsp3) is 0.286. The molecule has 2 aromatic rings. The SMILES string of the molecule is C=CCC(C)C(=O)N1CCc2c(cccc2-c2ccccc2O)C1. The number of allylic oxidation sites excluding steroid dienone is 1. The Hall–Kier alpha value is -2.55. The van der Waals surface area contributed by atoms with Crippen molar-refractivity contribution < 1.29 is 9.90 Å². The summed E-state index contributed by atoms with van der Waals surface area (Å²) in [5.41, 5.74) is 4.33. The summed E-state index contributed by atoms with van der Waals surface area (Å²) in [5.74, 6) is 0.461. The number of para-hydroxylation sites is 1. The van der Waals surface area contributed by atoms with Crippen molar-refractivity contribution >= 4 is 5.91 Å². The molecule has 0 saturated heterocycles. The van der Waals surface area contributed by atoms with Crippen molar-refractivity contribution in [2.75, 3.05) is 6.54 Å². The lowest BCUT2D eigenvalue weighted by molar-refractivity contribution is -0.135. The van der Waals surface area contributed by atoms with Gasteiger partial charge in [0.05, 0.1) is 0 Å². The van der Waals surface area contributed by atoms with Gasteiger partial charge < -0.3 is 10.0 Å². The minimum Gasteiger partial charge on any atom is -0.507 e. The first-order chi connectivity index (χ1) is 11.6. The summed E-state index contributed by atoms with van der Waals surface area (Å²) in [4.78, 5) is 14.5. The van der Waals surface area contributed by atoms with Crippen LogP contribution in [0.3, 0.4) is 0 Å². The van der Waals surface area contributed by atoms with Crippen molar-refractivity contribution in [2.24, 2.45) is 5.92 Å². The van der Waals surface area contributed by atoms with E-state index in [2.05, 4.69) is 12.6 Å². The number of phenolic OH excluding ortho intramolecular Hbond substituents is 1. The number of phenols is 1. The number of aromatic hydroxyl groups is 1. The topological polar surface area (TPSA) is 40.5 Å². The number of hydrogen-bond acceptors (Lipinski definition) is 2. The van der Waals surface area contributed by atoms with Crippen molar-refractivity contribution in [3.8, 4) is 16.9 Å². The van der Waals surface area contributed by atoms with Crippen LogP contribution in [0.1, 0.15) is 24.5 Å². The first-order valence-corrected chi connectivity index (χ1v) is 8.40. The third kappa shape index (κ3) is 3.07. The standard InChI is InChI=1S/C21H23NO2/c1-3-7-15(2)21(24)22-13-12-17-16(14-22)8-6-10-18(17)19-9-4-5-11-20(19)23/h3-6,8-11,15,23H,1,7,12-14H2,2H3. The normalized spacial score (nSPS) is 14.8. The van der Waals surface area contributed by atoms with E-state index >= 15 is 0 Å². The number of benzene rings is 2. The Kier molecular flexibility index (Phi) is 4.70. The first kappa shape index (κ1) is 16.3. The van der Waals surface area contributed by atoms with E-state index in [0.717, 1.165) is 24.1 Å². The second kappa shape index (κ2) is 6.91. The molecule has 1 unspecified atom stereocenters. The van der Waals surface area contributed by atoms with Gasteiger partial charge in [-0.1, -0.05) is 49.4 Å². The maximum atomic E-state index is 12.5. The van der Waals surface area contributed by atoms with Crippen molar-refractivity contribution in [1.29, 1.82) is 0 Å². The van der Waals surface area contributed by atoms with Crippen molar-refractivity contribution in [3.63, 3.8) is 0 Å². The number of rotatable bonds is 4. The maximum Gasteiger partial charge on any atom is 0.226 e. The van der Waals surface area contributed by atoms with Crippen LogP contribution in [-0.2, 0) is 17.8 Å². The molecule has 1 N–H and O–H groups in total. The zero-order valence-corrected chi connectivity index (χ0v) is 14.0. The Labute approximate surface area is 143 Å². The van der Waals surface area contributed by atoms with Gasteiger partial charge in [0.25, 0.3) is 0 Å². The Bertz CT molecular complexity index is 766. The molecular weight excluding hydrogens is 298 g/mol. The molecule has 0 aromatic heterocycles. The average Bonchev–Trinajstić information content (AvgIpc) is 2.61. The highest BCUT2D eigenvalue weighted by Gasteiger charge is 2.25. The fourth-order valence-corrected chi connectivity index (χ4v) is 3.41. The van der Waals surface area contributed by atoms with Crippen LogP contribution in [0.2, 0.25) is 0 Å². The highest BCUT2D eigenvalue weighted by atomic mass is 16.3. The van der Waals surface area contributed by atoms with E-state index in [-0.39, 0.29) is 11.8 Å². The molecule has 0 radical (unpaired) electrons. The summed E-state index contributed by atoms with van der Waals surface area (Å²) in [6, 6.07) is 13.5.